The van der Waals surface area contributed by atoms with Crippen LogP contribution in [0.4, 0.5) is 0 Å². The number of ether oxygens (including phenoxy) is 1. The molecule has 8 heteroatoms. The molecule has 0 unspecified atom stereocenters. The summed E-state index contributed by atoms with van der Waals surface area (Å²) in [7, 11) is 0. The van der Waals surface area contributed by atoms with Crippen molar-refractivity contribution >= 4 is 31.9 Å². The van der Waals surface area contributed by atoms with Crippen LogP contribution in [0.2, 0.25) is 0 Å². The van der Waals surface area contributed by atoms with Gasteiger partial charge in [-0.25, -0.2) is 0 Å². The summed E-state index contributed by atoms with van der Waals surface area (Å²) in [6.45, 7) is 0.533. The van der Waals surface area contributed by atoms with Crippen LogP contribution >= 0.6 is 31.9 Å². The van der Waals surface area contributed by atoms with Gasteiger partial charge in [0.2, 0.25) is 0 Å². The first kappa shape index (κ1) is 23.7. The SMILES string of the molecule is Oc1ccc(Oc2c(Br)cc(CC(O)O)cc2Br)cc1[C@@H](O)NCCc1ccccc1. The molecule has 0 amide bonds. The molecule has 0 saturated heterocycles. The van der Waals surface area contributed by atoms with Crippen LogP contribution in [0, 0.1) is 0 Å². The number of aliphatic hydroxyl groups excluding tert-OH is 2. The van der Waals surface area contributed by atoms with Crippen LogP contribution in [0.25, 0.3) is 0 Å². The third-order valence-electron chi connectivity index (χ3n) is 4.58. The molecule has 0 fully saturated rings. The molecule has 0 heterocycles. The minimum atomic E-state index is -1.44. The van der Waals surface area contributed by atoms with E-state index >= 15 is 0 Å². The van der Waals surface area contributed by atoms with E-state index < -0.39 is 12.5 Å². The second-order valence-corrected chi connectivity index (χ2v) is 8.70. The summed E-state index contributed by atoms with van der Waals surface area (Å²) in [5.41, 5.74) is 2.17. The number of aliphatic hydroxyl groups is 3. The zero-order chi connectivity index (χ0) is 22.4. The van der Waals surface area contributed by atoms with Crippen molar-refractivity contribution in [3.8, 4) is 17.2 Å². The predicted molar refractivity (Wildman–Crippen MR) is 125 cm³/mol. The predicted octanol–water partition coefficient (Wildman–Crippen LogP) is 4.39. The van der Waals surface area contributed by atoms with Gasteiger partial charge in [-0.15, -0.1) is 0 Å². The minimum Gasteiger partial charge on any atom is -0.508 e. The van der Waals surface area contributed by atoms with E-state index in [9.17, 15) is 10.2 Å². The Balaban J connectivity index is 1.70. The van der Waals surface area contributed by atoms with Gasteiger partial charge >= 0.3 is 0 Å². The van der Waals surface area contributed by atoms with Gasteiger partial charge in [0.1, 0.15) is 17.7 Å². The van der Waals surface area contributed by atoms with E-state index in [-0.39, 0.29) is 12.2 Å². The molecule has 31 heavy (non-hydrogen) atoms. The van der Waals surface area contributed by atoms with Gasteiger partial charge in [0.05, 0.1) is 8.95 Å². The lowest BCUT2D eigenvalue weighted by Crippen LogP contribution is -2.23. The van der Waals surface area contributed by atoms with Crippen molar-refractivity contribution in [2.45, 2.75) is 25.4 Å². The van der Waals surface area contributed by atoms with Crippen molar-refractivity contribution in [1.29, 1.82) is 0 Å². The number of aromatic hydroxyl groups is 1. The molecular weight excluding hydrogens is 530 g/mol. The lowest BCUT2D eigenvalue weighted by atomic mass is 10.1. The summed E-state index contributed by atoms with van der Waals surface area (Å²) < 4.78 is 7.19. The molecule has 1 atom stereocenters. The molecule has 164 valence electrons. The Labute approximate surface area is 197 Å². The normalized spacial score (nSPS) is 12.2. The molecule has 0 aromatic heterocycles. The highest BCUT2D eigenvalue weighted by atomic mass is 79.9. The van der Waals surface area contributed by atoms with E-state index in [1.807, 2.05) is 30.3 Å². The van der Waals surface area contributed by atoms with Gasteiger partial charge < -0.3 is 25.2 Å². The highest BCUT2D eigenvalue weighted by Gasteiger charge is 2.16. The molecule has 0 aliphatic carbocycles. The maximum absolute atomic E-state index is 10.5. The first-order valence-corrected chi connectivity index (χ1v) is 11.2. The Kier molecular flexibility index (Phi) is 8.48. The van der Waals surface area contributed by atoms with E-state index in [1.165, 1.54) is 6.07 Å². The molecule has 3 aromatic rings. The Morgan fingerprint density at radius 3 is 2.19 bits per heavy atom. The van der Waals surface area contributed by atoms with E-state index in [2.05, 4.69) is 37.2 Å². The van der Waals surface area contributed by atoms with Crippen LogP contribution in [-0.2, 0) is 12.8 Å². The fourth-order valence-corrected chi connectivity index (χ4v) is 4.52. The average molecular weight is 553 g/mol. The quantitative estimate of drug-likeness (QED) is 0.252. The van der Waals surface area contributed by atoms with E-state index in [1.54, 1.807) is 24.3 Å². The van der Waals surface area contributed by atoms with Crippen molar-refractivity contribution < 1.29 is 25.2 Å². The topological polar surface area (TPSA) is 102 Å². The maximum Gasteiger partial charge on any atom is 0.155 e. The largest absolute Gasteiger partial charge is 0.508 e. The van der Waals surface area contributed by atoms with Crippen LogP contribution in [0.5, 0.6) is 17.2 Å². The number of hydrogen-bond acceptors (Lipinski definition) is 6. The zero-order valence-electron chi connectivity index (χ0n) is 16.5. The molecule has 3 aromatic carbocycles. The minimum absolute atomic E-state index is 0.0440. The summed E-state index contributed by atoms with van der Waals surface area (Å²) in [4.78, 5) is 0. The summed E-state index contributed by atoms with van der Waals surface area (Å²) in [6, 6.07) is 18.0. The Morgan fingerprint density at radius 2 is 1.55 bits per heavy atom. The van der Waals surface area contributed by atoms with Crippen LogP contribution < -0.4 is 10.1 Å². The number of benzene rings is 3. The van der Waals surface area contributed by atoms with Gasteiger partial charge in [-0.2, -0.15) is 0 Å². The van der Waals surface area contributed by atoms with Crippen LogP contribution in [-0.4, -0.2) is 33.3 Å². The second-order valence-electron chi connectivity index (χ2n) is 6.99. The highest BCUT2D eigenvalue weighted by molar-refractivity contribution is 9.11. The Bertz CT molecular complexity index is 991. The van der Waals surface area contributed by atoms with E-state index in [4.69, 9.17) is 14.9 Å². The number of hydrogen-bond donors (Lipinski definition) is 5. The first-order chi connectivity index (χ1) is 14.8. The lowest BCUT2D eigenvalue weighted by molar-refractivity contribution is -0.0381. The lowest BCUT2D eigenvalue weighted by Gasteiger charge is -2.17. The molecule has 0 saturated carbocycles. The zero-order valence-corrected chi connectivity index (χ0v) is 19.7. The molecule has 0 aliphatic heterocycles. The molecule has 5 N–H and O–H groups in total. The van der Waals surface area contributed by atoms with Gasteiger partial charge in [-0.3, -0.25) is 5.32 Å². The van der Waals surface area contributed by atoms with Crippen molar-refractivity contribution in [3.63, 3.8) is 0 Å². The van der Waals surface area contributed by atoms with Gasteiger partial charge in [-0.1, -0.05) is 30.3 Å². The second kappa shape index (κ2) is 11.1. The molecule has 0 aliphatic rings. The van der Waals surface area contributed by atoms with Gasteiger partial charge in [0.15, 0.2) is 12.0 Å². The summed E-state index contributed by atoms with van der Waals surface area (Å²) in [6.07, 6.45) is -1.68. The first-order valence-electron chi connectivity index (χ1n) is 9.63. The Morgan fingerprint density at radius 1 is 0.871 bits per heavy atom. The molecule has 3 rings (SSSR count). The van der Waals surface area contributed by atoms with Crippen molar-refractivity contribution in [1.82, 2.24) is 5.32 Å². The van der Waals surface area contributed by atoms with Crippen LogP contribution in [0.15, 0.2) is 69.6 Å². The van der Waals surface area contributed by atoms with Gasteiger partial charge in [-0.05, 0) is 79.7 Å². The standard InChI is InChI=1S/C23H23Br2NO5/c24-18-10-15(12-21(28)29)11-19(25)22(18)31-16-6-7-20(27)17(13-16)23(30)26-9-8-14-4-2-1-3-5-14/h1-7,10-11,13,21,23,26-30H,8-9,12H2/t23-/m1/s1. The number of phenols is 1. The monoisotopic (exact) mass is 551 g/mol. The van der Waals surface area contributed by atoms with Crippen molar-refractivity contribution in [2.24, 2.45) is 0 Å². The van der Waals surface area contributed by atoms with Crippen LogP contribution in [0.3, 0.4) is 0 Å². The average Bonchev–Trinajstić information content (AvgIpc) is 2.72. The fourth-order valence-electron chi connectivity index (χ4n) is 3.08. The fraction of sp³-hybridized carbons (Fsp3) is 0.217. The van der Waals surface area contributed by atoms with E-state index in [0.29, 0.717) is 38.1 Å². The molecule has 6 nitrogen and oxygen atoms in total. The highest BCUT2D eigenvalue weighted by Crippen LogP contribution is 2.39. The molecule has 0 spiro atoms. The molecule has 0 radical (unpaired) electrons. The van der Waals surface area contributed by atoms with Gasteiger partial charge in [0, 0.05) is 18.5 Å². The van der Waals surface area contributed by atoms with Crippen molar-refractivity contribution in [3.05, 3.63) is 86.3 Å². The Hall–Kier alpha value is -1.94. The maximum atomic E-state index is 10.5. The third kappa shape index (κ3) is 6.77. The number of nitrogens with one attached hydrogen (secondary N) is 1. The number of rotatable bonds is 9. The van der Waals surface area contributed by atoms with Crippen LogP contribution in [0.1, 0.15) is 22.9 Å². The number of halogens is 2. The molecule has 0 bridgehead atoms. The summed E-state index contributed by atoms with van der Waals surface area (Å²) in [5.74, 6) is 0.866. The smallest absolute Gasteiger partial charge is 0.155 e. The summed E-state index contributed by atoms with van der Waals surface area (Å²) >= 11 is 6.87. The third-order valence-corrected chi connectivity index (χ3v) is 5.76. The summed E-state index contributed by atoms with van der Waals surface area (Å²) in [5, 5.41) is 42.0. The van der Waals surface area contributed by atoms with Gasteiger partial charge in [0.25, 0.3) is 0 Å². The molecular formula is C23H23Br2NO5. The van der Waals surface area contributed by atoms with E-state index in [0.717, 1.165) is 12.0 Å². The van der Waals surface area contributed by atoms with Crippen molar-refractivity contribution in [2.75, 3.05) is 6.54 Å². The number of phenolic OH excluding ortho intramolecular Hbond substituents is 1.